The maximum Gasteiger partial charge on any atom is 0.223 e. The van der Waals surface area contributed by atoms with Crippen molar-refractivity contribution >= 4 is 5.91 Å². The zero-order chi connectivity index (χ0) is 18.0. The molecule has 0 aromatic heterocycles. The molecule has 1 amide bonds. The van der Waals surface area contributed by atoms with Crippen molar-refractivity contribution in [2.75, 3.05) is 6.54 Å². The van der Waals surface area contributed by atoms with Crippen LogP contribution in [0.5, 0.6) is 0 Å². The topological polar surface area (TPSA) is 81.1 Å². The molecule has 4 nitrogen and oxygen atoms in total. The molecule has 4 heteroatoms. The van der Waals surface area contributed by atoms with E-state index in [1.165, 1.54) is 24.8 Å². The first kappa shape index (κ1) is 18.4. The molecule has 1 aromatic rings. The highest BCUT2D eigenvalue weighted by atomic mass is 16.1. The molecule has 2 aliphatic rings. The Hall–Kier alpha value is -1.39. The van der Waals surface area contributed by atoms with Gasteiger partial charge in [0, 0.05) is 24.5 Å². The Bertz CT molecular complexity index is 569. The van der Waals surface area contributed by atoms with Gasteiger partial charge in [-0.1, -0.05) is 44.5 Å². The van der Waals surface area contributed by atoms with Crippen LogP contribution in [0.2, 0.25) is 0 Å². The van der Waals surface area contributed by atoms with Crippen LogP contribution in [0.3, 0.4) is 0 Å². The largest absolute Gasteiger partial charge is 0.354 e. The second-order valence-electron chi connectivity index (χ2n) is 8.37. The number of hydrogen-bond acceptors (Lipinski definition) is 3. The normalized spacial score (nSPS) is 30.1. The number of benzene rings is 1. The van der Waals surface area contributed by atoms with Crippen LogP contribution in [-0.2, 0) is 4.79 Å². The van der Waals surface area contributed by atoms with E-state index in [0.717, 1.165) is 18.4 Å². The number of amides is 1. The first-order valence-electron chi connectivity index (χ1n) is 9.84. The summed E-state index contributed by atoms with van der Waals surface area (Å²) < 4.78 is 0. The van der Waals surface area contributed by atoms with Gasteiger partial charge in [-0.25, -0.2) is 0 Å². The van der Waals surface area contributed by atoms with Gasteiger partial charge in [0.2, 0.25) is 5.91 Å². The predicted octanol–water partition coefficient (Wildman–Crippen LogP) is 3.08. The van der Waals surface area contributed by atoms with E-state index in [2.05, 4.69) is 43.4 Å². The van der Waals surface area contributed by atoms with Crippen LogP contribution in [0.25, 0.3) is 0 Å². The van der Waals surface area contributed by atoms with Crippen LogP contribution in [-0.4, -0.2) is 18.5 Å². The van der Waals surface area contributed by atoms with E-state index in [0.29, 0.717) is 30.3 Å². The van der Waals surface area contributed by atoms with Gasteiger partial charge in [0.15, 0.2) is 0 Å². The van der Waals surface area contributed by atoms with Crippen LogP contribution in [0.4, 0.5) is 0 Å². The van der Waals surface area contributed by atoms with Crippen molar-refractivity contribution in [3.8, 4) is 0 Å². The highest BCUT2D eigenvalue weighted by molar-refractivity contribution is 5.78. The van der Waals surface area contributed by atoms with E-state index in [1.807, 2.05) is 0 Å². The molecule has 2 fully saturated rings. The molecule has 1 aromatic carbocycles. The van der Waals surface area contributed by atoms with Crippen molar-refractivity contribution in [2.24, 2.45) is 29.2 Å². The number of rotatable bonds is 5. The summed E-state index contributed by atoms with van der Waals surface area (Å²) in [5.41, 5.74) is 15.0. The zero-order valence-electron chi connectivity index (χ0n) is 15.6. The average Bonchev–Trinajstić information content (AvgIpc) is 2.59. The third-order valence-electron chi connectivity index (χ3n) is 6.31. The Morgan fingerprint density at radius 1 is 1.12 bits per heavy atom. The number of carbonyl (C=O) groups is 1. The van der Waals surface area contributed by atoms with Crippen molar-refractivity contribution in [1.29, 1.82) is 0 Å². The molecule has 0 heterocycles. The summed E-state index contributed by atoms with van der Waals surface area (Å²) in [6.45, 7) is 4.86. The fraction of sp³-hybridized carbons (Fsp3) is 0.667. The molecule has 5 N–H and O–H groups in total. The molecular weight excluding hydrogens is 310 g/mol. The van der Waals surface area contributed by atoms with Gasteiger partial charge in [-0.15, -0.1) is 0 Å². The molecule has 25 heavy (non-hydrogen) atoms. The number of fused-ring (bicyclic) bond motifs is 2. The highest BCUT2D eigenvalue weighted by Crippen LogP contribution is 2.41. The van der Waals surface area contributed by atoms with Crippen molar-refractivity contribution in [2.45, 2.75) is 64.0 Å². The minimum absolute atomic E-state index is 0.116. The lowest BCUT2D eigenvalue weighted by Gasteiger charge is -2.43. The van der Waals surface area contributed by atoms with Gasteiger partial charge in [-0.2, -0.15) is 0 Å². The lowest BCUT2D eigenvalue weighted by molar-refractivity contribution is -0.127. The summed E-state index contributed by atoms with van der Waals surface area (Å²) in [4.78, 5) is 12.6. The summed E-state index contributed by atoms with van der Waals surface area (Å²) in [5, 5.41) is 3.09. The van der Waals surface area contributed by atoms with Crippen LogP contribution in [0, 0.1) is 17.8 Å². The third kappa shape index (κ3) is 4.24. The first-order chi connectivity index (χ1) is 12.0. The zero-order valence-corrected chi connectivity index (χ0v) is 15.6. The van der Waals surface area contributed by atoms with Crippen LogP contribution < -0.4 is 16.8 Å². The van der Waals surface area contributed by atoms with E-state index < -0.39 is 0 Å². The van der Waals surface area contributed by atoms with Gasteiger partial charge in [0.1, 0.15) is 0 Å². The molecule has 0 aliphatic heterocycles. The summed E-state index contributed by atoms with van der Waals surface area (Å²) in [7, 11) is 0. The molecular formula is C21H33N3O. The van der Waals surface area contributed by atoms with Crippen molar-refractivity contribution in [3.05, 3.63) is 35.4 Å². The average molecular weight is 344 g/mol. The van der Waals surface area contributed by atoms with E-state index in [9.17, 15) is 4.79 Å². The maximum atomic E-state index is 12.6. The predicted molar refractivity (Wildman–Crippen MR) is 102 cm³/mol. The molecule has 3 unspecified atom stereocenters. The number of nitrogens with one attached hydrogen (secondary N) is 1. The summed E-state index contributed by atoms with van der Waals surface area (Å²) >= 11 is 0. The molecule has 2 bridgehead atoms. The Morgan fingerprint density at radius 3 is 2.24 bits per heavy atom. The molecule has 0 saturated heterocycles. The van der Waals surface area contributed by atoms with Gasteiger partial charge in [-0.05, 0) is 54.6 Å². The van der Waals surface area contributed by atoms with Crippen molar-refractivity contribution < 1.29 is 4.79 Å². The van der Waals surface area contributed by atoms with Crippen LogP contribution in [0.15, 0.2) is 24.3 Å². The van der Waals surface area contributed by atoms with Crippen LogP contribution >= 0.6 is 0 Å². The molecule has 0 spiro atoms. The minimum Gasteiger partial charge on any atom is -0.354 e. The Morgan fingerprint density at radius 2 is 1.68 bits per heavy atom. The molecule has 0 radical (unpaired) electrons. The van der Waals surface area contributed by atoms with E-state index in [4.69, 9.17) is 11.5 Å². The second-order valence-corrected chi connectivity index (χ2v) is 8.37. The molecule has 3 rings (SSSR count). The fourth-order valence-corrected chi connectivity index (χ4v) is 4.60. The maximum absolute atomic E-state index is 12.6. The molecule has 2 aliphatic carbocycles. The quantitative estimate of drug-likeness (QED) is 0.768. The highest BCUT2D eigenvalue weighted by Gasteiger charge is 2.40. The van der Waals surface area contributed by atoms with E-state index >= 15 is 0 Å². The standard InChI is InChI=1S/C21H33N3O/c1-13(2)14-6-8-15(9-7-14)19(22)12-24-21(25)18-10-16-4-3-5-17(11-18)20(16)23/h6-9,13,16-20H,3-5,10-12,22-23H2,1-2H3,(H,24,25). The Labute approximate surface area is 151 Å². The van der Waals surface area contributed by atoms with E-state index in [1.54, 1.807) is 0 Å². The van der Waals surface area contributed by atoms with Gasteiger partial charge in [0.25, 0.3) is 0 Å². The van der Waals surface area contributed by atoms with Gasteiger partial charge in [-0.3, -0.25) is 4.79 Å². The number of hydrogen-bond donors (Lipinski definition) is 3. The molecule has 2 saturated carbocycles. The number of nitrogens with two attached hydrogens (primary N) is 2. The monoisotopic (exact) mass is 343 g/mol. The lowest BCUT2D eigenvalue weighted by Crippen LogP contribution is -2.49. The SMILES string of the molecule is CC(C)c1ccc(C(N)CNC(=O)C2CC3CCCC(C2)C3N)cc1. The van der Waals surface area contributed by atoms with Gasteiger partial charge in [0.05, 0.1) is 0 Å². The third-order valence-corrected chi connectivity index (χ3v) is 6.31. The fourth-order valence-electron chi connectivity index (χ4n) is 4.60. The first-order valence-corrected chi connectivity index (χ1v) is 9.84. The van der Waals surface area contributed by atoms with E-state index in [-0.39, 0.29) is 17.9 Å². The Balaban J connectivity index is 1.51. The second kappa shape index (κ2) is 7.88. The summed E-state index contributed by atoms with van der Waals surface area (Å²) in [6, 6.07) is 8.57. The molecule has 3 atom stereocenters. The summed E-state index contributed by atoms with van der Waals surface area (Å²) in [6.07, 6.45) is 5.53. The minimum atomic E-state index is -0.157. The van der Waals surface area contributed by atoms with Gasteiger partial charge >= 0.3 is 0 Å². The Kier molecular flexibility index (Phi) is 5.80. The smallest absolute Gasteiger partial charge is 0.223 e. The van der Waals surface area contributed by atoms with Gasteiger partial charge < -0.3 is 16.8 Å². The van der Waals surface area contributed by atoms with Crippen LogP contribution in [0.1, 0.15) is 69.0 Å². The van der Waals surface area contributed by atoms with Crippen molar-refractivity contribution in [3.63, 3.8) is 0 Å². The summed E-state index contributed by atoms with van der Waals surface area (Å²) in [5.74, 6) is 1.85. The number of carbonyl (C=O) groups excluding carboxylic acids is 1. The van der Waals surface area contributed by atoms with Crippen molar-refractivity contribution in [1.82, 2.24) is 5.32 Å². The lowest BCUT2D eigenvalue weighted by atomic mass is 9.65. The molecule has 138 valence electrons.